The van der Waals surface area contributed by atoms with E-state index in [0.717, 1.165) is 31.4 Å². The van der Waals surface area contributed by atoms with Crippen LogP contribution in [0.4, 0.5) is 0 Å². The van der Waals surface area contributed by atoms with Crippen molar-refractivity contribution in [3.8, 4) is 11.8 Å². The lowest BCUT2D eigenvalue weighted by Gasteiger charge is -2.32. The smallest absolute Gasteiger partial charge is 0.495 e. The van der Waals surface area contributed by atoms with Crippen molar-refractivity contribution in [1.82, 2.24) is 0 Å². The first-order chi connectivity index (χ1) is 12.8. The minimum absolute atomic E-state index is 0.211. The number of nitrogens with zero attached hydrogens (tertiary/aromatic N) is 1. The van der Waals surface area contributed by atoms with E-state index in [2.05, 4.69) is 6.07 Å². The van der Waals surface area contributed by atoms with Crippen molar-refractivity contribution in [2.45, 2.75) is 71.1 Å². The van der Waals surface area contributed by atoms with E-state index in [9.17, 15) is 5.26 Å². The summed E-state index contributed by atoms with van der Waals surface area (Å²) in [6.07, 6.45) is 2.84. The van der Waals surface area contributed by atoms with Gasteiger partial charge in [-0.05, 0) is 58.6 Å². The van der Waals surface area contributed by atoms with Gasteiger partial charge >= 0.3 is 7.12 Å². The van der Waals surface area contributed by atoms with Gasteiger partial charge in [-0.2, -0.15) is 5.26 Å². The van der Waals surface area contributed by atoms with E-state index in [4.69, 9.17) is 23.5 Å². The van der Waals surface area contributed by atoms with Crippen LogP contribution in [0, 0.1) is 11.3 Å². The third-order valence-corrected chi connectivity index (χ3v) is 5.68. The molecule has 2 aliphatic heterocycles. The lowest BCUT2D eigenvalue weighted by molar-refractivity contribution is -0.168. The zero-order valence-electron chi connectivity index (χ0n) is 16.8. The summed E-state index contributed by atoms with van der Waals surface area (Å²) in [7, 11) is 0.890. The second kappa shape index (κ2) is 7.80. The van der Waals surface area contributed by atoms with Crippen molar-refractivity contribution in [2.75, 3.05) is 13.7 Å². The molecule has 6 nitrogen and oxygen atoms in total. The number of ether oxygens (including phenoxy) is 3. The van der Waals surface area contributed by atoms with Gasteiger partial charge in [0.15, 0.2) is 6.29 Å². The number of hydrogen-bond donors (Lipinski definition) is 0. The van der Waals surface area contributed by atoms with Gasteiger partial charge in [0.25, 0.3) is 0 Å². The second-order valence-corrected chi connectivity index (χ2v) is 8.02. The van der Waals surface area contributed by atoms with Crippen LogP contribution in [0.1, 0.15) is 58.1 Å². The molecule has 0 saturated carbocycles. The van der Waals surface area contributed by atoms with Crippen LogP contribution in [0.3, 0.4) is 0 Å². The quantitative estimate of drug-likeness (QED) is 0.740. The van der Waals surface area contributed by atoms with Gasteiger partial charge in [0.2, 0.25) is 0 Å². The Balaban J connectivity index is 1.93. The molecular weight excluding hydrogens is 345 g/mol. The maximum atomic E-state index is 9.79. The van der Waals surface area contributed by atoms with E-state index in [-0.39, 0.29) is 6.29 Å². The Kier molecular flexibility index (Phi) is 5.83. The molecule has 0 radical (unpaired) electrons. The Hall–Kier alpha value is -1.59. The highest BCUT2D eigenvalue weighted by atomic mass is 16.7. The number of hydrogen-bond acceptors (Lipinski definition) is 6. The molecule has 1 atom stereocenters. The van der Waals surface area contributed by atoms with Gasteiger partial charge in [-0.3, -0.25) is 0 Å². The fourth-order valence-electron chi connectivity index (χ4n) is 3.31. The third kappa shape index (κ3) is 3.99. The highest BCUT2D eigenvalue weighted by Crippen LogP contribution is 2.37. The fraction of sp³-hybridized carbons (Fsp3) is 0.650. The molecule has 0 aromatic heterocycles. The van der Waals surface area contributed by atoms with Gasteiger partial charge in [-0.1, -0.05) is 6.07 Å². The van der Waals surface area contributed by atoms with Crippen LogP contribution in [0.5, 0.6) is 5.75 Å². The molecule has 1 aromatic carbocycles. The minimum Gasteiger partial charge on any atom is -0.495 e. The lowest BCUT2D eigenvalue weighted by Crippen LogP contribution is -2.41. The zero-order chi connectivity index (χ0) is 19.7. The summed E-state index contributed by atoms with van der Waals surface area (Å²) in [5, 5.41) is 9.79. The topological polar surface area (TPSA) is 69.9 Å². The molecular formula is C20H28BNO5. The molecule has 0 aliphatic carbocycles. The maximum absolute atomic E-state index is 9.79. The molecule has 0 bridgehead atoms. The highest BCUT2D eigenvalue weighted by molar-refractivity contribution is 6.63. The molecule has 27 heavy (non-hydrogen) atoms. The Morgan fingerprint density at radius 3 is 2.44 bits per heavy atom. The number of nitriles is 1. The third-order valence-electron chi connectivity index (χ3n) is 5.68. The van der Waals surface area contributed by atoms with Crippen LogP contribution in [0.2, 0.25) is 0 Å². The fourth-order valence-corrected chi connectivity index (χ4v) is 3.31. The highest BCUT2D eigenvalue weighted by Gasteiger charge is 2.53. The van der Waals surface area contributed by atoms with Crippen LogP contribution in [0.25, 0.3) is 0 Å². The van der Waals surface area contributed by atoms with Gasteiger partial charge in [-0.25, -0.2) is 0 Å². The summed E-state index contributed by atoms with van der Waals surface area (Å²) in [6.45, 7) is 9.01. The van der Waals surface area contributed by atoms with Crippen molar-refractivity contribution in [3.63, 3.8) is 0 Å². The second-order valence-electron chi connectivity index (χ2n) is 8.02. The predicted octanol–water partition coefficient (Wildman–Crippen LogP) is 2.91. The molecule has 2 fully saturated rings. The Morgan fingerprint density at radius 2 is 1.89 bits per heavy atom. The first-order valence-corrected chi connectivity index (χ1v) is 9.48. The molecule has 0 spiro atoms. The summed E-state index contributed by atoms with van der Waals surface area (Å²) < 4.78 is 29.4. The maximum Gasteiger partial charge on any atom is 0.496 e. The normalized spacial score (nSPS) is 23.9. The van der Waals surface area contributed by atoms with E-state index in [1.807, 2.05) is 33.8 Å². The Bertz CT molecular complexity index is 706. The SMILES string of the molecule is COc1ccc(CO[C@@H]2CCCCO2)c(B2OC(C)(C)C(C)(C)O2)c1C#N. The Labute approximate surface area is 161 Å². The zero-order valence-corrected chi connectivity index (χ0v) is 16.8. The molecule has 0 N–H and O–H groups in total. The molecule has 0 unspecified atom stereocenters. The monoisotopic (exact) mass is 373 g/mol. The molecule has 7 heteroatoms. The van der Waals surface area contributed by atoms with E-state index < -0.39 is 18.3 Å². The van der Waals surface area contributed by atoms with Crippen molar-refractivity contribution in [3.05, 3.63) is 23.3 Å². The van der Waals surface area contributed by atoms with Gasteiger partial charge in [0.05, 0.1) is 30.5 Å². The van der Waals surface area contributed by atoms with Crippen LogP contribution >= 0.6 is 0 Å². The summed E-state index contributed by atoms with van der Waals surface area (Å²) in [5.41, 5.74) is 0.934. The van der Waals surface area contributed by atoms with Crippen molar-refractivity contribution in [2.24, 2.45) is 0 Å². The van der Waals surface area contributed by atoms with Gasteiger partial charge in [0.1, 0.15) is 11.8 Å². The van der Waals surface area contributed by atoms with Gasteiger partial charge in [0, 0.05) is 12.1 Å². The van der Waals surface area contributed by atoms with Crippen molar-refractivity contribution < 1.29 is 23.5 Å². The van der Waals surface area contributed by atoms with E-state index in [0.29, 0.717) is 23.4 Å². The first-order valence-electron chi connectivity index (χ1n) is 9.48. The summed E-state index contributed by atoms with van der Waals surface area (Å²) in [5.74, 6) is 0.500. The minimum atomic E-state index is -0.661. The predicted molar refractivity (Wildman–Crippen MR) is 102 cm³/mol. The Morgan fingerprint density at radius 1 is 1.19 bits per heavy atom. The van der Waals surface area contributed by atoms with Crippen LogP contribution in [0.15, 0.2) is 12.1 Å². The summed E-state index contributed by atoms with van der Waals surface area (Å²) in [6, 6.07) is 5.94. The van der Waals surface area contributed by atoms with E-state index in [1.54, 1.807) is 13.2 Å². The number of rotatable bonds is 5. The number of methoxy groups -OCH3 is 1. The molecule has 2 saturated heterocycles. The molecule has 3 rings (SSSR count). The lowest BCUT2D eigenvalue weighted by atomic mass is 9.73. The average molecular weight is 373 g/mol. The first kappa shape index (κ1) is 20.2. The van der Waals surface area contributed by atoms with Crippen LogP contribution in [-0.2, 0) is 25.4 Å². The summed E-state index contributed by atoms with van der Waals surface area (Å²) in [4.78, 5) is 0. The molecule has 0 amide bonds. The average Bonchev–Trinajstić information content (AvgIpc) is 2.87. The largest absolute Gasteiger partial charge is 0.496 e. The van der Waals surface area contributed by atoms with Crippen molar-refractivity contribution in [1.29, 1.82) is 5.26 Å². The molecule has 2 aliphatic rings. The molecule has 146 valence electrons. The molecule has 2 heterocycles. The number of benzene rings is 1. The molecule has 1 aromatic rings. The van der Waals surface area contributed by atoms with Crippen LogP contribution in [-0.4, -0.2) is 38.3 Å². The standard InChI is InChI=1S/C20H28BNO5/c1-19(2)20(3,4)27-21(26-19)18-14(9-10-16(23-5)15(18)12-22)13-25-17-8-6-7-11-24-17/h9-10,17H,6-8,11,13H2,1-5H3/t17-/m1/s1. The van der Waals surface area contributed by atoms with E-state index in [1.165, 1.54) is 0 Å². The van der Waals surface area contributed by atoms with E-state index >= 15 is 0 Å². The van der Waals surface area contributed by atoms with Gasteiger partial charge < -0.3 is 23.5 Å². The van der Waals surface area contributed by atoms with Crippen LogP contribution < -0.4 is 10.2 Å². The van der Waals surface area contributed by atoms with Crippen molar-refractivity contribution >= 4 is 12.6 Å². The van der Waals surface area contributed by atoms with Gasteiger partial charge in [-0.15, -0.1) is 0 Å². The summed E-state index contributed by atoms with van der Waals surface area (Å²) >= 11 is 0.